The number of carbonyl (C=O) groups is 2. The molecule has 0 bridgehead atoms. The van der Waals surface area contributed by atoms with Crippen LogP contribution >= 0.6 is 0 Å². The molecule has 0 unspecified atom stereocenters. The summed E-state index contributed by atoms with van der Waals surface area (Å²) in [5.74, 6) is 0.170. The number of ether oxygens (including phenoxy) is 3. The summed E-state index contributed by atoms with van der Waals surface area (Å²) < 4.78 is 16.0. The summed E-state index contributed by atoms with van der Waals surface area (Å²) in [5, 5.41) is 9.36. The number of nitrogens with one attached hydrogen (secondary N) is 1. The van der Waals surface area contributed by atoms with E-state index in [1.165, 1.54) is 18.1 Å². The summed E-state index contributed by atoms with van der Waals surface area (Å²) in [6, 6.07) is 6.84. The summed E-state index contributed by atoms with van der Waals surface area (Å²) >= 11 is 0. The Hall–Kier alpha value is -3.10. The van der Waals surface area contributed by atoms with E-state index in [9.17, 15) is 14.8 Å². The fraction of sp³-hybridized carbons (Fsp3) is 0.417. The Balaban J connectivity index is 1.98. The third-order valence-corrected chi connectivity index (χ3v) is 6.00. The van der Waals surface area contributed by atoms with Gasteiger partial charge in [0.15, 0.2) is 11.5 Å². The first-order valence-corrected chi connectivity index (χ1v) is 10.5. The number of carbonyl (C=O) groups excluding carboxylic acids is 2. The van der Waals surface area contributed by atoms with Crippen molar-refractivity contribution in [3.63, 3.8) is 0 Å². The molecular weight excluding hydrogens is 412 g/mol. The quantitative estimate of drug-likeness (QED) is 0.368. The van der Waals surface area contributed by atoms with Crippen LogP contribution in [0.2, 0.25) is 0 Å². The van der Waals surface area contributed by atoms with Crippen LogP contribution < -0.4 is 15.0 Å². The summed E-state index contributed by atoms with van der Waals surface area (Å²) in [6.07, 6.45) is 0. The average molecular weight is 443 g/mol. The highest BCUT2D eigenvalue weighted by atomic mass is 16.7. The van der Waals surface area contributed by atoms with Crippen LogP contribution in [0.1, 0.15) is 40.3 Å². The van der Waals surface area contributed by atoms with Crippen molar-refractivity contribution >= 4 is 11.9 Å². The number of fused-ring (bicyclic) bond motifs is 1. The first kappa shape index (κ1) is 23.6. The second kappa shape index (κ2) is 10.0. The third-order valence-electron chi connectivity index (χ3n) is 6.00. The van der Waals surface area contributed by atoms with Crippen LogP contribution in [0.25, 0.3) is 0 Å². The molecule has 2 N–H and O–H groups in total. The first-order valence-electron chi connectivity index (χ1n) is 10.5. The molecule has 1 aliphatic rings. The maximum atomic E-state index is 12.6. The highest BCUT2D eigenvalue weighted by Gasteiger charge is 2.29. The van der Waals surface area contributed by atoms with Crippen LogP contribution in [0, 0.1) is 27.7 Å². The van der Waals surface area contributed by atoms with Gasteiger partial charge in [0, 0.05) is 20.0 Å². The molecule has 32 heavy (non-hydrogen) atoms. The number of esters is 1. The summed E-state index contributed by atoms with van der Waals surface area (Å²) in [4.78, 5) is 25.9. The van der Waals surface area contributed by atoms with Crippen LogP contribution in [-0.2, 0) is 27.4 Å². The van der Waals surface area contributed by atoms with Gasteiger partial charge in [-0.3, -0.25) is 19.7 Å². The number of rotatable bonds is 8. The first-order chi connectivity index (χ1) is 15.2. The Morgan fingerprint density at radius 3 is 2.47 bits per heavy atom. The van der Waals surface area contributed by atoms with Gasteiger partial charge < -0.3 is 14.2 Å². The summed E-state index contributed by atoms with van der Waals surface area (Å²) in [5.41, 5.74) is 8.35. The average Bonchev–Trinajstić information content (AvgIpc) is 3.22. The number of hydrogen-bond acceptors (Lipinski definition) is 7. The summed E-state index contributed by atoms with van der Waals surface area (Å²) in [7, 11) is 0. The molecule has 0 fully saturated rings. The van der Waals surface area contributed by atoms with Gasteiger partial charge in [-0.1, -0.05) is 12.1 Å². The molecule has 2 aromatic rings. The maximum absolute atomic E-state index is 12.6. The molecule has 2 aromatic carbocycles. The molecule has 1 heterocycles. The largest absolute Gasteiger partial charge is 0.464 e. The van der Waals surface area contributed by atoms with Crippen molar-refractivity contribution in [3.8, 4) is 11.5 Å². The molecule has 0 saturated heterocycles. The SMILES string of the molecule is CC(=O)OC[C@H](C(=O)NO)N(Cc1ccc2c(c1)OCO2)Cc1c(C)cc(C)c(C)c1C. The van der Waals surface area contributed by atoms with Gasteiger partial charge in [0.05, 0.1) is 0 Å². The molecule has 3 rings (SSSR count). The molecular formula is C24H30N2O6. The van der Waals surface area contributed by atoms with E-state index in [1.54, 1.807) is 5.48 Å². The van der Waals surface area contributed by atoms with Gasteiger partial charge in [-0.2, -0.15) is 0 Å². The maximum Gasteiger partial charge on any atom is 0.302 e. The fourth-order valence-electron chi connectivity index (χ4n) is 3.95. The van der Waals surface area contributed by atoms with Crippen molar-refractivity contribution in [3.05, 3.63) is 57.6 Å². The van der Waals surface area contributed by atoms with Gasteiger partial charge in [0.25, 0.3) is 5.91 Å². The topological polar surface area (TPSA) is 97.3 Å². The second-order valence-corrected chi connectivity index (χ2v) is 8.13. The van der Waals surface area contributed by atoms with Crippen LogP contribution in [0.5, 0.6) is 11.5 Å². The van der Waals surface area contributed by atoms with Gasteiger partial charge in [-0.05, 0) is 73.2 Å². The molecule has 0 aromatic heterocycles. The van der Waals surface area contributed by atoms with Crippen molar-refractivity contribution in [2.75, 3.05) is 13.4 Å². The monoisotopic (exact) mass is 442 g/mol. The highest BCUT2D eigenvalue weighted by Crippen LogP contribution is 2.33. The van der Waals surface area contributed by atoms with Gasteiger partial charge in [-0.25, -0.2) is 5.48 Å². The number of aryl methyl sites for hydroxylation is 2. The molecule has 1 aliphatic heterocycles. The lowest BCUT2D eigenvalue weighted by molar-refractivity contribution is -0.147. The number of benzene rings is 2. The predicted molar refractivity (Wildman–Crippen MR) is 118 cm³/mol. The molecule has 1 amide bonds. The molecule has 172 valence electrons. The Morgan fingerprint density at radius 1 is 1.06 bits per heavy atom. The number of hydroxylamine groups is 1. The number of amides is 1. The van der Waals surface area contributed by atoms with Crippen molar-refractivity contribution in [2.24, 2.45) is 0 Å². The van der Waals surface area contributed by atoms with E-state index >= 15 is 0 Å². The molecule has 0 spiro atoms. The molecule has 8 nitrogen and oxygen atoms in total. The zero-order valence-electron chi connectivity index (χ0n) is 19.2. The van der Waals surface area contributed by atoms with Gasteiger partial charge in [-0.15, -0.1) is 0 Å². The Morgan fingerprint density at radius 2 is 1.78 bits per heavy atom. The standard InChI is InChI=1S/C24H30N2O6/c1-14-8-15(2)20(17(4)16(14)3)11-26(21(24(28)25-29)12-30-18(5)27)10-19-6-7-22-23(9-19)32-13-31-22/h6-9,21,29H,10-13H2,1-5H3,(H,25,28)/t21-/m1/s1. The minimum atomic E-state index is -0.894. The van der Waals surface area contributed by atoms with E-state index in [2.05, 4.69) is 26.8 Å². The Labute approximate surface area is 188 Å². The normalized spacial score (nSPS) is 13.2. The van der Waals surface area contributed by atoms with Gasteiger partial charge in [0.2, 0.25) is 6.79 Å². The zero-order valence-corrected chi connectivity index (χ0v) is 19.2. The van der Waals surface area contributed by atoms with Crippen molar-refractivity contribution in [1.82, 2.24) is 10.4 Å². The lowest BCUT2D eigenvalue weighted by Gasteiger charge is -2.31. The van der Waals surface area contributed by atoms with Crippen molar-refractivity contribution in [2.45, 2.75) is 53.8 Å². The Kier molecular flexibility index (Phi) is 7.37. The van der Waals surface area contributed by atoms with Crippen LogP contribution in [-0.4, -0.2) is 41.4 Å². The molecule has 1 atom stereocenters. The highest BCUT2D eigenvalue weighted by molar-refractivity contribution is 5.81. The van der Waals surface area contributed by atoms with Crippen LogP contribution in [0.4, 0.5) is 0 Å². The lowest BCUT2D eigenvalue weighted by atomic mass is 9.93. The minimum Gasteiger partial charge on any atom is -0.464 e. The minimum absolute atomic E-state index is 0.172. The van der Waals surface area contributed by atoms with Crippen molar-refractivity contribution in [1.29, 1.82) is 0 Å². The Bertz CT molecular complexity index is 1020. The summed E-state index contributed by atoms with van der Waals surface area (Å²) in [6.45, 7) is 10.3. The van der Waals surface area contributed by atoms with Gasteiger partial charge >= 0.3 is 5.97 Å². The number of nitrogens with zero attached hydrogens (tertiary/aromatic N) is 1. The predicted octanol–water partition coefficient (Wildman–Crippen LogP) is 3.09. The van der Waals surface area contributed by atoms with E-state index in [-0.39, 0.29) is 13.4 Å². The van der Waals surface area contributed by atoms with Crippen LogP contribution in [0.15, 0.2) is 24.3 Å². The van der Waals surface area contributed by atoms with E-state index in [0.29, 0.717) is 24.6 Å². The number of hydrogen-bond donors (Lipinski definition) is 2. The molecule has 0 saturated carbocycles. The van der Waals surface area contributed by atoms with Crippen LogP contribution in [0.3, 0.4) is 0 Å². The fourth-order valence-corrected chi connectivity index (χ4v) is 3.95. The van der Waals surface area contributed by atoms with Gasteiger partial charge in [0.1, 0.15) is 12.6 Å². The second-order valence-electron chi connectivity index (χ2n) is 8.13. The van der Waals surface area contributed by atoms with E-state index in [4.69, 9.17) is 14.2 Å². The zero-order chi connectivity index (χ0) is 23.4. The van der Waals surface area contributed by atoms with E-state index in [0.717, 1.165) is 22.3 Å². The van der Waals surface area contributed by atoms with E-state index < -0.39 is 17.9 Å². The molecule has 8 heteroatoms. The molecule has 0 aliphatic carbocycles. The lowest BCUT2D eigenvalue weighted by Crippen LogP contribution is -2.48. The third kappa shape index (κ3) is 5.20. The van der Waals surface area contributed by atoms with Crippen molar-refractivity contribution < 1.29 is 29.0 Å². The smallest absolute Gasteiger partial charge is 0.302 e. The molecule has 0 radical (unpaired) electrons. The van der Waals surface area contributed by atoms with E-state index in [1.807, 2.05) is 30.0 Å².